The molecular weight excluding hydrogens is 446 g/mol. The van der Waals surface area contributed by atoms with Crippen molar-refractivity contribution in [2.75, 3.05) is 30.9 Å². The van der Waals surface area contributed by atoms with Crippen LogP contribution in [0.2, 0.25) is 0 Å². The number of nitrogens with one attached hydrogen (secondary N) is 1. The normalized spacial score (nSPS) is 11.5. The summed E-state index contributed by atoms with van der Waals surface area (Å²) in [6.45, 7) is 8.43. The van der Waals surface area contributed by atoms with Crippen molar-refractivity contribution in [1.29, 1.82) is 0 Å². The second-order valence-electron chi connectivity index (χ2n) is 8.81. The lowest BCUT2D eigenvalue weighted by Gasteiger charge is -2.23. The van der Waals surface area contributed by atoms with Gasteiger partial charge in [0.2, 0.25) is 0 Å². The van der Waals surface area contributed by atoms with Gasteiger partial charge in [-0.05, 0) is 49.6 Å². The molecule has 1 amide bonds. The smallest absolute Gasteiger partial charge is 0.330 e. The van der Waals surface area contributed by atoms with Gasteiger partial charge in [0.15, 0.2) is 5.69 Å². The van der Waals surface area contributed by atoms with Crippen LogP contribution < -0.4 is 21.9 Å². The zero-order valence-corrected chi connectivity index (χ0v) is 20.9. The topological polar surface area (TPSA) is 115 Å². The van der Waals surface area contributed by atoms with Gasteiger partial charge < -0.3 is 15.0 Å². The summed E-state index contributed by atoms with van der Waals surface area (Å²) < 4.78 is 8.54. The molecule has 1 aromatic carbocycles. The van der Waals surface area contributed by atoms with E-state index in [-0.39, 0.29) is 30.6 Å². The summed E-state index contributed by atoms with van der Waals surface area (Å²) in [5, 5.41) is 0. The van der Waals surface area contributed by atoms with Crippen molar-refractivity contribution < 1.29 is 9.53 Å². The highest BCUT2D eigenvalue weighted by molar-refractivity contribution is 6.05. The van der Waals surface area contributed by atoms with Crippen LogP contribution in [0.3, 0.4) is 0 Å². The summed E-state index contributed by atoms with van der Waals surface area (Å²) >= 11 is 0. The molecule has 0 bridgehead atoms. The maximum absolute atomic E-state index is 13.3. The van der Waals surface area contributed by atoms with Crippen LogP contribution in [0.15, 0.2) is 52.1 Å². The van der Waals surface area contributed by atoms with E-state index in [9.17, 15) is 14.4 Å². The number of aromatic amines is 1. The molecular formula is C26H33N5O4. The lowest BCUT2D eigenvalue weighted by molar-refractivity contribution is -0.114. The molecule has 9 heteroatoms. The van der Waals surface area contributed by atoms with Crippen LogP contribution in [0.25, 0.3) is 11.8 Å². The lowest BCUT2D eigenvalue weighted by atomic mass is 10.2. The van der Waals surface area contributed by atoms with Crippen LogP contribution in [0.4, 0.5) is 11.5 Å². The fraction of sp³-hybridized carbons (Fsp3) is 0.346. The molecule has 0 unspecified atom stereocenters. The van der Waals surface area contributed by atoms with E-state index in [1.54, 1.807) is 6.08 Å². The average molecular weight is 480 g/mol. The SMILES string of the molecule is COCCN(C(=O)C=Cc1cc(C)n(-c2ccccc2)c1C)c1c(N)n(CC(C)C)c(=O)[nH]c1=O. The number of carbonyl (C=O) groups is 1. The Morgan fingerprint density at radius 2 is 1.89 bits per heavy atom. The number of nitrogens with zero attached hydrogens (tertiary/aromatic N) is 3. The molecule has 0 fully saturated rings. The van der Waals surface area contributed by atoms with Crippen molar-refractivity contribution in [2.24, 2.45) is 5.92 Å². The maximum Gasteiger partial charge on any atom is 0.330 e. The highest BCUT2D eigenvalue weighted by Gasteiger charge is 2.23. The number of nitrogen functional groups attached to an aromatic ring is 1. The number of aromatic nitrogens is 3. The summed E-state index contributed by atoms with van der Waals surface area (Å²) in [7, 11) is 1.50. The number of rotatable bonds is 9. The maximum atomic E-state index is 13.3. The van der Waals surface area contributed by atoms with Gasteiger partial charge in [0.1, 0.15) is 5.82 Å². The van der Waals surface area contributed by atoms with E-state index in [1.165, 1.54) is 22.7 Å². The summed E-state index contributed by atoms with van der Waals surface area (Å²) in [4.78, 5) is 41.9. The standard InChI is InChI=1S/C26H33N5O4/c1-17(2)16-30-24(27)23(25(33)28-26(30)34)29(13-14-35-5)22(32)12-11-20-15-18(3)31(19(20)4)21-9-7-6-8-10-21/h6-12,15,17H,13-14,16,27H2,1-5H3,(H,28,33,34). The third-order valence-electron chi connectivity index (χ3n) is 5.71. The molecule has 0 aliphatic carbocycles. The molecule has 186 valence electrons. The molecule has 2 heterocycles. The number of benzene rings is 1. The van der Waals surface area contributed by atoms with Gasteiger partial charge in [-0.3, -0.25) is 24.0 Å². The molecule has 3 N–H and O–H groups in total. The molecule has 0 saturated heterocycles. The molecule has 9 nitrogen and oxygen atoms in total. The molecule has 3 rings (SSSR count). The van der Waals surface area contributed by atoms with E-state index in [0.717, 1.165) is 22.6 Å². The molecule has 0 aliphatic rings. The molecule has 3 aromatic rings. The molecule has 0 spiro atoms. The quantitative estimate of drug-likeness (QED) is 0.458. The van der Waals surface area contributed by atoms with Crippen molar-refractivity contribution in [2.45, 2.75) is 34.2 Å². The molecule has 35 heavy (non-hydrogen) atoms. The molecule has 0 saturated carbocycles. The second-order valence-corrected chi connectivity index (χ2v) is 8.81. The first-order valence-corrected chi connectivity index (χ1v) is 11.5. The first kappa shape index (κ1) is 25.8. The van der Waals surface area contributed by atoms with Crippen molar-refractivity contribution in [3.05, 3.63) is 80.3 Å². The average Bonchev–Trinajstić information content (AvgIpc) is 3.10. The van der Waals surface area contributed by atoms with Crippen molar-refractivity contribution >= 4 is 23.5 Å². The summed E-state index contributed by atoms with van der Waals surface area (Å²) in [6, 6.07) is 11.9. The van der Waals surface area contributed by atoms with E-state index >= 15 is 0 Å². The van der Waals surface area contributed by atoms with Gasteiger partial charge in [-0.2, -0.15) is 0 Å². The van der Waals surface area contributed by atoms with Gasteiger partial charge in [0.05, 0.1) is 6.61 Å². The van der Waals surface area contributed by atoms with E-state index in [4.69, 9.17) is 10.5 Å². The number of hydrogen-bond acceptors (Lipinski definition) is 5. The summed E-state index contributed by atoms with van der Waals surface area (Å²) in [5.41, 5.74) is 8.77. The zero-order valence-electron chi connectivity index (χ0n) is 20.9. The Morgan fingerprint density at radius 3 is 2.51 bits per heavy atom. The number of aryl methyl sites for hydroxylation is 1. The second kappa shape index (κ2) is 11.1. The Kier molecular flexibility index (Phi) is 8.14. The number of H-pyrrole nitrogens is 1. The van der Waals surface area contributed by atoms with Gasteiger partial charge in [-0.25, -0.2) is 4.79 Å². The number of nitrogens with two attached hydrogens (primary N) is 1. The third kappa shape index (κ3) is 5.63. The first-order chi connectivity index (χ1) is 16.6. The van der Waals surface area contributed by atoms with E-state index in [2.05, 4.69) is 9.55 Å². The van der Waals surface area contributed by atoms with Crippen molar-refractivity contribution in [3.63, 3.8) is 0 Å². The largest absolute Gasteiger partial charge is 0.383 e. The predicted molar refractivity (Wildman–Crippen MR) is 139 cm³/mol. The minimum Gasteiger partial charge on any atom is -0.383 e. The van der Waals surface area contributed by atoms with E-state index < -0.39 is 17.2 Å². The lowest BCUT2D eigenvalue weighted by Crippen LogP contribution is -2.42. The van der Waals surface area contributed by atoms with Crippen LogP contribution in [0.5, 0.6) is 0 Å². The molecule has 2 aromatic heterocycles. The van der Waals surface area contributed by atoms with Crippen LogP contribution in [0.1, 0.15) is 30.8 Å². The Labute approximate surface area is 204 Å². The van der Waals surface area contributed by atoms with Gasteiger partial charge >= 0.3 is 5.69 Å². The van der Waals surface area contributed by atoms with Gasteiger partial charge in [0.25, 0.3) is 11.5 Å². The highest BCUT2D eigenvalue weighted by atomic mass is 16.5. The Morgan fingerprint density at radius 1 is 1.20 bits per heavy atom. The number of methoxy groups -OCH3 is 1. The van der Waals surface area contributed by atoms with E-state index in [0.29, 0.717) is 6.54 Å². The van der Waals surface area contributed by atoms with Gasteiger partial charge in [0, 0.05) is 43.4 Å². The van der Waals surface area contributed by atoms with Crippen LogP contribution in [0, 0.1) is 19.8 Å². The van der Waals surface area contributed by atoms with Crippen molar-refractivity contribution in [3.8, 4) is 5.69 Å². The molecule has 0 atom stereocenters. The number of hydrogen-bond donors (Lipinski definition) is 2. The Bertz CT molecular complexity index is 1330. The number of carbonyl (C=O) groups excluding carboxylic acids is 1. The molecule has 0 radical (unpaired) electrons. The molecule has 0 aliphatic heterocycles. The fourth-order valence-corrected chi connectivity index (χ4v) is 4.08. The Balaban J connectivity index is 2.00. The number of anilines is 2. The fourth-order valence-electron chi connectivity index (χ4n) is 4.08. The van der Waals surface area contributed by atoms with Crippen molar-refractivity contribution in [1.82, 2.24) is 14.1 Å². The summed E-state index contributed by atoms with van der Waals surface area (Å²) in [6.07, 6.45) is 3.13. The monoisotopic (exact) mass is 479 g/mol. The van der Waals surface area contributed by atoms with Crippen LogP contribution in [-0.2, 0) is 16.1 Å². The number of ether oxygens (including phenoxy) is 1. The summed E-state index contributed by atoms with van der Waals surface area (Å²) in [5.74, 6) is -0.386. The van der Waals surface area contributed by atoms with Gasteiger partial charge in [-0.1, -0.05) is 32.0 Å². The van der Waals surface area contributed by atoms with Crippen LogP contribution >= 0.6 is 0 Å². The minimum absolute atomic E-state index is 0.0486. The number of amides is 1. The predicted octanol–water partition coefficient (Wildman–Crippen LogP) is 2.88. The number of para-hydroxylation sites is 1. The minimum atomic E-state index is -0.715. The third-order valence-corrected chi connectivity index (χ3v) is 5.71. The Hall–Kier alpha value is -3.85. The van der Waals surface area contributed by atoms with Crippen LogP contribution in [-0.4, -0.2) is 40.3 Å². The zero-order chi connectivity index (χ0) is 25.7. The highest BCUT2D eigenvalue weighted by Crippen LogP contribution is 2.23. The first-order valence-electron chi connectivity index (χ1n) is 11.5. The van der Waals surface area contributed by atoms with Gasteiger partial charge in [-0.15, -0.1) is 0 Å². The van der Waals surface area contributed by atoms with E-state index in [1.807, 2.05) is 64.1 Å².